The second kappa shape index (κ2) is 5.86. The van der Waals surface area contributed by atoms with Crippen LogP contribution < -0.4 is 5.32 Å². The monoisotopic (exact) mass is 211 g/mol. The predicted molar refractivity (Wildman–Crippen MR) is 62.9 cm³/mol. The highest BCUT2D eigenvalue weighted by atomic mass is 16.5. The second-order valence-corrected chi connectivity index (χ2v) is 5.25. The lowest BCUT2D eigenvalue weighted by Crippen LogP contribution is -2.23. The van der Waals surface area contributed by atoms with Gasteiger partial charge in [0.2, 0.25) is 0 Å². The van der Waals surface area contributed by atoms with Crippen LogP contribution in [0.5, 0.6) is 0 Å². The minimum Gasteiger partial charge on any atom is -0.383 e. The van der Waals surface area contributed by atoms with Crippen molar-refractivity contribution in [3.8, 4) is 0 Å². The lowest BCUT2D eigenvalue weighted by molar-refractivity contribution is 0.198. The summed E-state index contributed by atoms with van der Waals surface area (Å²) in [5.41, 5.74) is 0. The molecule has 15 heavy (non-hydrogen) atoms. The number of nitrogens with one attached hydrogen (secondary N) is 1. The lowest BCUT2D eigenvalue weighted by Gasteiger charge is -2.21. The molecular formula is C13H25NO. The molecule has 0 aromatic carbocycles. The van der Waals surface area contributed by atoms with Gasteiger partial charge in [-0.1, -0.05) is 32.1 Å². The van der Waals surface area contributed by atoms with Crippen molar-refractivity contribution in [3.63, 3.8) is 0 Å². The summed E-state index contributed by atoms with van der Waals surface area (Å²) in [4.78, 5) is 0. The van der Waals surface area contributed by atoms with E-state index in [0.717, 1.165) is 30.9 Å². The first-order chi connectivity index (χ1) is 7.42. The summed E-state index contributed by atoms with van der Waals surface area (Å²) in [6, 6.07) is 0. The fourth-order valence-electron chi connectivity index (χ4n) is 3.11. The molecule has 0 amide bonds. The van der Waals surface area contributed by atoms with E-state index in [1.54, 1.807) is 7.11 Å². The highest BCUT2D eigenvalue weighted by Gasteiger charge is 2.42. The number of hydrogen-bond acceptors (Lipinski definition) is 2. The quantitative estimate of drug-likeness (QED) is 0.681. The first kappa shape index (κ1) is 11.4. The summed E-state index contributed by atoms with van der Waals surface area (Å²) in [5.74, 6) is 3.14. The Morgan fingerprint density at radius 1 is 1.20 bits per heavy atom. The third-order valence-electron chi connectivity index (χ3n) is 4.12. The van der Waals surface area contributed by atoms with Crippen molar-refractivity contribution < 1.29 is 4.74 Å². The Balaban J connectivity index is 1.55. The van der Waals surface area contributed by atoms with Gasteiger partial charge in [-0.15, -0.1) is 0 Å². The molecule has 2 aliphatic carbocycles. The molecule has 2 rings (SSSR count). The molecule has 2 aliphatic rings. The fraction of sp³-hybridized carbons (Fsp3) is 1.00. The number of hydrogen-bond donors (Lipinski definition) is 1. The molecule has 0 radical (unpaired) electrons. The minimum atomic E-state index is 0.848. The van der Waals surface area contributed by atoms with E-state index in [0.29, 0.717) is 0 Å². The molecule has 2 nitrogen and oxygen atoms in total. The van der Waals surface area contributed by atoms with Gasteiger partial charge in [0, 0.05) is 13.7 Å². The molecule has 0 bridgehead atoms. The van der Waals surface area contributed by atoms with Crippen LogP contribution in [0, 0.1) is 17.8 Å². The average molecular weight is 211 g/mol. The maximum absolute atomic E-state index is 5.02. The Labute approximate surface area is 93.8 Å². The molecule has 2 saturated carbocycles. The van der Waals surface area contributed by atoms with E-state index < -0.39 is 0 Å². The van der Waals surface area contributed by atoms with Gasteiger partial charge in [0.1, 0.15) is 0 Å². The highest BCUT2D eigenvalue weighted by Crippen LogP contribution is 2.48. The molecule has 1 N–H and O–H groups in total. The van der Waals surface area contributed by atoms with Gasteiger partial charge in [0.05, 0.1) is 6.61 Å². The van der Waals surface area contributed by atoms with E-state index in [9.17, 15) is 0 Å². The molecule has 0 saturated heterocycles. The molecule has 88 valence electrons. The molecule has 0 spiro atoms. The first-order valence-corrected chi connectivity index (χ1v) is 6.61. The minimum absolute atomic E-state index is 0.848. The zero-order chi connectivity index (χ0) is 10.5. The Morgan fingerprint density at radius 2 is 2.00 bits per heavy atom. The van der Waals surface area contributed by atoms with Crippen LogP contribution in [-0.2, 0) is 4.74 Å². The van der Waals surface area contributed by atoms with Crippen LogP contribution in [-0.4, -0.2) is 26.8 Å². The van der Waals surface area contributed by atoms with Gasteiger partial charge in [-0.2, -0.15) is 0 Å². The Kier molecular flexibility index (Phi) is 4.45. The summed E-state index contributed by atoms with van der Waals surface area (Å²) in [5, 5.41) is 3.49. The molecular weight excluding hydrogens is 186 g/mol. The third kappa shape index (κ3) is 3.46. The third-order valence-corrected chi connectivity index (χ3v) is 4.12. The number of methoxy groups -OCH3 is 1. The first-order valence-electron chi connectivity index (χ1n) is 6.61. The molecule has 2 fully saturated rings. The Bertz CT molecular complexity index is 177. The maximum Gasteiger partial charge on any atom is 0.0587 e. The molecule has 2 unspecified atom stereocenters. The summed E-state index contributed by atoms with van der Waals surface area (Å²) < 4.78 is 5.02. The summed E-state index contributed by atoms with van der Waals surface area (Å²) in [6.07, 6.45) is 8.99. The van der Waals surface area contributed by atoms with E-state index in [4.69, 9.17) is 4.74 Å². The average Bonchev–Trinajstić information content (AvgIpc) is 3.05. The predicted octanol–water partition coefficient (Wildman–Crippen LogP) is 2.44. The molecule has 0 aromatic heterocycles. The number of rotatable bonds is 6. The SMILES string of the molecule is COCCNCC1CC1C1CCCCC1. The van der Waals surface area contributed by atoms with Gasteiger partial charge in [-0.05, 0) is 30.7 Å². The zero-order valence-electron chi connectivity index (χ0n) is 10.0. The van der Waals surface area contributed by atoms with Crippen LogP contribution in [0.1, 0.15) is 38.5 Å². The van der Waals surface area contributed by atoms with Crippen molar-refractivity contribution in [2.45, 2.75) is 38.5 Å². The van der Waals surface area contributed by atoms with Crippen molar-refractivity contribution in [2.24, 2.45) is 17.8 Å². The van der Waals surface area contributed by atoms with Gasteiger partial charge in [-0.25, -0.2) is 0 Å². The van der Waals surface area contributed by atoms with E-state index in [2.05, 4.69) is 5.32 Å². The molecule has 0 heterocycles. The van der Waals surface area contributed by atoms with Gasteiger partial charge >= 0.3 is 0 Å². The summed E-state index contributed by atoms with van der Waals surface area (Å²) >= 11 is 0. The zero-order valence-corrected chi connectivity index (χ0v) is 10.0. The van der Waals surface area contributed by atoms with Crippen LogP contribution in [0.4, 0.5) is 0 Å². The van der Waals surface area contributed by atoms with Crippen molar-refractivity contribution in [3.05, 3.63) is 0 Å². The van der Waals surface area contributed by atoms with Crippen LogP contribution in [0.2, 0.25) is 0 Å². The normalized spacial score (nSPS) is 31.8. The smallest absolute Gasteiger partial charge is 0.0587 e. The van der Waals surface area contributed by atoms with Crippen molar-refractivity contribution in [2.75, 3.05) is 26.8 Å². The van der Waals surface area contributed by atoms with E-state index in [1.807, 2.05) is 0 Å². The van der Waals surface area contributed by atoms with E-state index >= 15 is 0 Å². The Hall–Kier alpha value is -0.0800. The van der Waals surface area contributed by atoms with Crippen LogP contribution in [0.25, 0.3) is 0 Å². The van der Waals surface area contributed by atoms with E-state index in [1.165, 1.54) is 45.1 Å². The Morgan fingerprint density at radius 3 is 2.73 bits per heavy atom. The molecule has 0 aromatic rings. The molecule has 2 atom stereocenters. The van der Waals surface area contributed by atoms with Gasteiger partial charge in [-0.3, -0.25) is 0 Å². The summed E-state index contributed by atoms with van der Waals surface area (Å²) in [6.45, 7) is 3.09. The second-order valence-electron chi connectivity index (χ2n) is 5.25. The van der Waals surface area contributed by atoms with Gasteiger partial charge in [0.15, 0.2) is 0 Å². The topological polar surface area (TPSA) is 21.3 Å². The van der Waals surface area contributed by atoms with E-state index in [-0.39, 0.29) is 0 Å². The van der Waals surface area contributed by atoms with Crippen molar-refractivity contribution >= 4 is 0 Å². The highest BCUT2D eigenvalue weighted by molar-refractivity contribution is 4.93. The molecule has 0 aliphatic heterocycles. The standard InChI is InChI=1S/C13H25NO/c1-15-8-7-14-10-12-9-13(12)11-5-3-2-4-6-11/h11-14H,2-10H2,1H3. The molecule has 2 heteroatoms. The van der Waals surface area contributed by atoms with Gasteiger partial charge in [0.25, 0.3) is 0 Å². The van der Waals surface area contributed by atoms with Crippen LogP contribution >= 0.6 is 0 Å². The van der Waals surface area contributed by atoms with Crippen molar-refractivity contribution in [1.82, 2.24) is 5.32 Å². The fourth-order valence-corrected chi connectivity index (χ4v) is 3.11. The largest absolute Gasteiger partial charge is 0.383 e. The van der Waals surface area contributed by atoms with Crippen molar-refractivity contribution in [1.29, 1.82) is 0 Å². The van der Waals surface area contributed by atoms with Crippen LogP contribution in [0.3, 0.4) is 0 Å². The lowest BCUT2D eigenvalue weighted by atomic mass is 9.85. The van der Waals surface area contributed by atoms with Gasteiger partial charge < -0.3 is 10.1 Å². The number of ether oxygens (including phenoxy) is 1. The maximum atomic E-state index is 5.02. The van der Waals surface area contributed by atoms with Crippen LogP contribution in [0.15, 0.2) is 0 Å². The summed E-state index contributed by atoms with van der Waals surface area (Å²) in [7, 11) is 1.77.